The average molecular weight is 573 g/mol. The van der Waals surface area contributed by atoms with E-state index in [0.29, 0.717) is 18.3 Å². The second kappa shape index (κ2) is 11.5. The molecule has 4 aromatic rings. The summed E-state index contributed by atoms with van der Waals surface area (Å²) in [5.41, 5.74) is 3.32. The van der Waals surface area contributed by atoms with Crippen molar-refractivity contribution in [2.24, 2.45) is 4.99 Å². The molecule has 0 spiro atoms. The number of imidazole rings is 1. The molecule has 2 aromatic heterocycles. The maximum Gasteiger partial charge on any atom is 0.191 e. The third-order valence-corrected chi connectivity index (χ3v) is 5.54. The first-order valence-corrected chi connectivity index (χ1v) is 11.2. The van der Waals surface area contributed by atoms with Gasteiger partial charge >= 0.3 is 0 Å². The van der Waals surface area contributed by atoms with E-state index < -0.39 is 5.60 Å². The Morgan fingerprint density at radius 1 is 1.06 bits per heavy atom. The fourth-order valence-corrected chi connectivity index (χ4v) is 3.66. The molecule has 7 nitrogen and oxygen atoms in total. The lowest BCUT2D eigenvalue weighted by Gasteiger charge is -2.22. The van der Waals surface area contributed by atoms with Gasteiger partial charge in [0, 0.05) is 13.1 Å². The molecule has 0 fully saturated rings. The Labute approximate surface area is 217 Å². The van der Waals surface area contributed by atoms with Gasteiger partial charge in [0.2, 0.25) is 0 Å². The standard InChI is InChI=1S/C26H31N5O2.HI/c1-4-27-25(29-17-26(3,32)24-14-9-19(2)33-24)28-15-20-10-12-21(13-11-20)16-31-18-30-22-7-5-6-8-23(22)31;/h5-14,18,32H,4,15-17H2,1-3H3,(H2,27,28,29);1H. The lowest BCUT2D eigenvalue weighted by atomic mass is 10.0. The molecule has 180 valence electrons. The first kappa shape index (κ1) is 25.8. The van der Waals surface area contributed by atoms with Crippen LogP contribution in [-0.4, -0.2) is 33.7 Å². The second-order valence-corrected chi connectivity index (χ2v) is 8.41. The minimum atomic E-state index is -1.14. The number of aryl methyl sites for hydroxylation is 1. The molecule has 34 heavy (non-hydrogen) atoms. The zero-order valence-electron chi connectivity index (χ0n) is 19.8. The Morgan fingerprint density at radius 3 is 2.50 bits per heavy atom. The molecule has 4 rings (SSSR count). The summed E-state index contributed by atoms with van der Waals surface area (Å²) >= 11 is 0. The van der Waals surface area contributed by atoms with Gasteiger partial charge in [-0.2, -0.15) is 0 Å². The zero-order valence-corrected chi connectivity index (χ0v) is 22.1. The zero-order chi connectivity index (χ0) is 23.3. The van der Waals surface area contributed by atoms with Crippen molar-refractivity contribution in [1.82, 2.24) is 20.2 Å². The van der Waals surface area contributed by atoms with Crippen LogP contribution in [0.1, 0.15) is 36.5 Å². The van der Waals surface area contributed by atoms with Gasteiger partial charge in [-0.3, -0.25) is 0 Å². The van der Waals surface area contributed by atoms with Crippen molar-refractivity contribution in [3.05, 3.63) is 89.6 Å². The summed E-state index contributed by atoms with van der Waals surface area (Å²) in [4.78, 5) is 9.13. The number of rotatable bonds is 8. The van der Waals surface area contributed by atoms with E-state index in [9.17, 15) is 5.11 Å². The molecule has 3 N–H and O–H groups in total. The number of aromatic nitrogens is 2. The smallest absolute Gasteiger partial charge is 0.191 e. The second-order valence-electron chi connectivity index (χ2n) is 8.41. The predicted octanol–water partition coefficient (Wildman–Crippen LogP) is 4.57. The molecule has 2 heterocycles. The molecule has 0 radical (unpaired) electrons. The number of aliphatic imine (C=N–C) groups is 1. The predicted molar refractivity (Wildman–Crippen MR) is 147 cm³/mol. The normalized spacial score (nSPS) is 13.4. The molecule has 0 bridgehead atoms. The third-order valence-electron chi connectivity index (χ3n) is 5.54. The van der Waals surface area contributed by atoms with Gasteiger partial charge < -0.3 is 24.7 Å². The van der Waals surface area contributed by atoms with E-state index in [1.54, 1.807) is 13.0 Å². The van der Waals surface area contributed by atoms with Crippen molar-refractivity contribution >= 4 is 41.0 Å². The summed E-state index contributed by atoms with van der Waals surface area (Å²) in [5, 5.41) is 17.2. The van der Waals surface area contributed by atoms with Crippen LogP contribution in [0.2, 0.25) is 0 Å². The fraction of sp³-hybridized carbons (Fsp3) is 0.308. The molecule has 1 unspecified atom stereocenters. The van der Waals surface area contributed by atoms with Gasteiger partial charge in [-0.1, -0.05) is 36.4 Å². The summed E-state index contributed by atoms with van der Waals surface area (Å²) in [6, 6.07) is 20.3. The molecule has 0 aliphatic heterocycles. The number of halogens is 1. The first-order chi connectivity index (χ1) is 15.9. The number of nitrogens with zero attached hydrogens (tertiary/aromatic N) is 3. The molecule has 0 aliphatic carbocycles. The van der Waals surface area contributed by atoms with Gasteiger partial charge in [0.25, 0.3) is 0 Å². The van der Waals surface area contributed by atoms with Crippen molar-refractivity contribution in [3.63, 3.8) is 0 Å². The lowest BCUT2D eigenvalue weighted by molar-refractivity contribution is 0.0378. The Kier molecular flexibility index (Phi) is 8.73. The van der Waals surface area contributed by atoms with Crippen molar-refractivity contribution < 1.29 is 9.52 Å². The number of hydrogen-bond donors (Lipinski definition) is 3. The van der Waals surface area contributed by atoms with Crippen LogP contribution in [0.5, 0.6) is 0 Å². The number of benzene rings is 2. The molecular weight excluding hydrogens is 541 g/mol. The van der Waals surface area contributed by atoms with Crippen molar-refractivity contribution in [2.45, 2.75) is 39.5 Å². The summed E-state index contributed by atoms with van der Waals surface area (Å²) in [6.07, 6.45) is 1.89. The van der Waals surface area contributed by atoms with Gasteiger partial charge in [-0.15, -0.1) is 24.0 Å². The minimum absolute atomic E-state index is 0. The molecular formula is C26H32IN5O2. The van der Waals surface area contributed by atoms with E-state index in [0.717, 1.165) is 35.4 Å². The van der Waals surface area contributed by atoms with Crippen LogP contribution in [0.4, 0.5) is 0 Å². The molecule has 8 heteroatoms. The Hall–Kier alpha value is -2.85. The monoisotopic (exact) mass is 573 g/mol. The number of guanidine groups is 1. The van der Waals surface area contributed by atoms with E-state index in [-0.39, 0.29) is 30.5 Å². The maximum atomic E-state index is 10.8. The Bertz CT molecular complexity index is 1230. The van der Waals surface area contributed by atoms with Crippen LogP contribution >= 0.6 is 24.0 Å². The van der Waals surface area contributed by atoms with Crippen molar-refractivity contribution in [1.29, 1.82) is 0 Å². The topological polar surface area (TPSA) is 87.6 Å². The Balaban J connectivity index is 0.00000324. The highest BCUT2D eigenvalue weighted by molar-refractivity contribution is 14.0. The van der Waals surface area contributed by atoms with E-state index >= 15 is 0 Å². The van der Waals surface area contributed by atoms with Crippen molar-refractivity contribution in [3.8, 4) is 0 Å². The number of aliphatic hydroxyl groups is 1. The number of hydrogen-bond acceptors (Lipinski definition) is 4. The third kappa shape index (κ3) is 6.38. The van der Waals surface area contributed by atoms with Crippen LogP contribution in [0, 0.1) is 6.92 Å². The largest absolute Gasteiger partial charge is 0.463 e. The SMILES string of the molecule is CCNC(=NCc1ccc(Cn2cnc3ccccc32)cc1)NCC(C)(O)c1ccc(C)o1.I. The minimum Gasteiger partial charge on any atom is -0.463 e. The van der Waals surface area contributed by atoms with Crippen LogP contribution in [-0.2, 0) is 18.7 Å². The molecule has 0 amide bonds. The van der Waals surface area contributed by atoms with Crippen LogP contribution in [0.15, 0.2) is 76.4 Å². The van der Waals surface area contributed by atoms with E-state index in [4.69, 9.17) is 4.42 Å². The maximum absolute atomic E-state index is 10.8. The van der Waals surface area contributed by atoms with E-state index in [1.807, 2.05) is 44.4 Å². The Morgan fingerprint density at radius 2 is 1.79 bits per heavy atom. The van der Waals surface area contributed by atoms with Gasteiger partial charge in [0.1, 0.15) is 17.1 Å². The van der Waals surface area contributed by atoms with Crippen LogP contribution in [0.3, 0.4) is 0 Å². The summed E-state index contributed by atoms with van der Waals surface area (Å²) < 4.78 is 7.74. The highest BCUT2D eigenvalue weighted by Crippen LogP contribution is 2.22. The molecule has 0 aliphatic rings. The summed E-state index contributed by atoms with van der Waals surface area (Å²) in [7, 11) is 0. The number of furan rings is 1. The summed E-state index contributed by atoms with van der Waals surface area (Å²) in [5.74, 6) is 1.95. The molecule has 0 saturated heterocycles. The van der Waals surface area contributed by atoms with E-state index in [1.165, 1.54) is 5.56 Å². The van der Waals surface area contributed by atoms with Crippen molar-refractivity contribution in [2.75, 3.05) is 13.1 Å². The molecule has 1 atom stereocenters. The highest BCUT2D eigenvalue weighted by Gasteiger charge is 2.27. The average Bonchev–Trinajstić information content (AvgIpc) is 3.44. The number of para-hydroxylation sites is 2. The van der Waals surface area contributed by atoms with Crippen LogP contribution < -0.4 is 10.6 Å². The lowest BCUT2D eigenvalue weighted by Crippen LogP contribution is -2.44. The molecule has 0 saturated carbocycles. The van der Waals surface area contributed by atoms with E-state index in [2.05, 4.69) is 55.5 Å². The number of nitrogens with one attached hydrogen (secondary N) is 2. The molecule has 2 aromatic carbocycles. The first-order valence-electron chi connectivity index (χ1n) is 11.2. The van der Waals surface area contributed by atoms with Gasteiger partial charge in [0.05, 0.1) is 30.5 Å². The van der Waals surface area contributed by atoms with Gasteiger partial charge in [0.15, 0.2) is 5.96 Å². The van der Waals surface area contributed by atoms with Gasteiger partial charge in [-0.25, -0.2) is 9.98 Å². The summed E-state index contributed by atoms with van der Waals surface area (Å²) in [6.45, 7) is 7.92. The highest BCUT2D eigenvalue weighted by atomic mass is 127. The fourth-order valence-electron chi connectivity index (χ4n) is 3.66. The van der Waals surface area contributed by atoms with Gasteiger partial charge in [-0.05, 0) is 56.2 Å². The quantitative estimate of drug-likeness (QED) is 0.163. The number of fused-ring (bicyclic) bond motifs is 1. The van der Waals surface area contributed by atoms with Crippen LogP contribution in [0.25, 0.3) is 11.0 Å².